The van der Waals surface area contributed by atoms with Gasteiger partial charge < -0.3 is 25.1 Å². The fraction of sp³-hybridized carbons (Fsp3) is 0.650. The van der Waals surface area contributed by atoms with E-state index in [-0.39, 0.29) is 41.1 Å². The highest BCUT2D eigenvalue weighted by Crippen LogP contribution is 2.29. The molecule has 0 bridgehead atoms. The molecule has 0 fully saturated rings. The normalized spacial score (nSPS) is 14.2. The van der Waals surface area contributed by atoms with Gasteiger partial charge in [0.05, 0.1) is 11.8 Å². The van der Waals surface area contributed by atoms with Gasteiger partial charge in [-0.05, 0) is 56.1 Å². The average molecular weight is 516 g/mol. The van der Waals surface area contributed by atoms with Gasteiger partial charge in [-0.3, -0.25) is 4.79 Å². The molecule has 1 aromatic rings. The zero-order valence-electron chi connectivity index (χ0n) is 17.0. The van der Waals surface area contributed by atoms with Crippen LogP contribution in [0.5, 0.6) is 0 Å². The van der Waals surface area contributed by atoms with Gasteiger partial charge >= 0.3 is 5.97 Å². The van der Waals surface area contributed by atoms with E-state index >= 15 is 0 Å². The third kappa shape index (κ3) is 9.40. The van der Waals surface area contributed by atoms with Gasteiger partial charge in [-0.15, -0.1) is 40.2 Å². The van der Waals surface area contributed by atoms with Crippen LogP contribution >= 0.6 is 40.2 Å². The van der Waals surface area contributed by atoms with E-state index < -0.39 is 18.4 Å². The second-order valence-electron chi connectivity index (χ2n) is 6.71. The zero-order valence-corrected chi connectivity index (χ0v) is 20.2. The van der Waals surface area contributed by atoms with Gasteiger partial charge in [-0.25, -0.2) is 0 Å². The van der Waals surface area contributed by atoms with Crippen LogP contribution in [-0.4, -0.2) is 70.0 Å². The third-order valence-electron chi connectivity index (χ3n) is 4.98. The number of benzene rings is 1. The minimum atomic E-state index is -1.06. The molecule has 0 aliphatic rings. The Kier molecular flexibility index (Phi) is 15.0. The highest BCUT2D eigenvalue weighted by Gasteiger charge is 2.23. The summed E-state index contributed by atoms with van der Waals surface area (Å²) in [4.78, 5) is 14.7. The van der Waals surface area contributed by atoms with Gasteiger partial charge in [-0.1, -0.05) is 26.0 Å². The van der Waals surface area contributed by atoms with E-state index in [4.69, 9.17) is 28.3 Å². The topological polar surface area (TPSA) is 84.2 Å². The first kappa shape index (κ1) is 28.4. The highest BCUT2D eigenvalue weighted by atomic mass is 79.9. The molecule has 1 aromatic carbocycles. The van der Waals surface area contributed by atoms with Crippen molar-refractivity contribution in [1.82, 2.24) is 4.90 Å². The fourth-order valence-corrected chi connectivity index (χ4v) is 3.56. The van der Waals surface area contributed by atoms with Crippen LogP contribution in [0.3, 0.4) is 0 Å². The number of hydrogen-bond acceptors (Lipinski definition) is 5. The Morgan fingerprint density at radius 2 is 1.52 bits per heavy atom. The van der Waals surface area contributed by atoms with E-state index in [1.54, 1.807) is 12.1 Å². The molecule has 0 radical (unpaired) electrons. The molecule has 3 atom stereocenters. The van der Waals surface area contributed by atoms with Gasteiger partial charge in [0.2, 0.25) is 0 Å². The SMILES string of the molecule is Br.CCN(CC)CCC(CCC(=O)O)c1ccc(N(C(O)CCl)C(O)CCl)cc1. The number of hydrogen-bond donors (Lipinski definition) is 3. The van der Waals surface area contributed by atoms with Crippen LogP contribution in [0.1, 0.15) is 44.6 Å². The molecule has 0 saturated heterocycles. The first-order chi connectivity index (χ1) is 13.4. The van der Waals surface area contributed by atoms with Crippen molar-refractivity contribution in [2.24, 2.45) is 0 Å². The van der Waals surface area contributed by atoms with Crippen LogP contribution in [0.4, 0.5) is 5.69 Å². The Hall–Kier alpha value is -0.570. The zero-order chi connectivity index (χ0) is 21.1. The number of carboxylic acids is 1. The number of alkyl halides is 2. The lowest BCUT2D eigenvalue weighted by Gasteiger charge is -2.32. The van der Waals surface area contributed by atoms with Crippen molar-refractivity contribution in [2.75, 3.05) is 36.3 Å². The molecule has 3 unspecified atom stereocenters. The Bertz CT molecular complexity index is 566. The summed E-state index contributed by atoms with van der Waals surface area (Å²) in [5, 5.41) is 29.3. The van der Waals surface area contributed by atoms with Crippen LogP contribution in [0.2, 0.25) is 0 Å². The van der Waals surface area contributed by atoms with Gasteiger partial charge in [-0.2, -0.15) is 0 Å². The number of aliphatic hydroxyl groups excluding tert-OH is 2. The summed E-state index contributed by atoms with van der Waals surface area (Å²) in [6.07, 6.45) is -0.577. The van der Waals surface area contributed by atoms with Gasteiger partial charge in [0.1, 0.15) is 12.5 Å². The van der Waals surface area contributed by atoms with Crippen molar-refractivity contribution >= 4 is 51.8 Å². The number of nitrogens with zero attached hydrogens (tertiary/aromatic N) is 2. The monoisotopic (exact) mass is 514 g/mol. The maximum absolute atomic E-state index is 11.0. The lowest BCUT2D eigenvalue weighted by atomic mass is 9.90. The molecule has 0 aliphatic carbocycles. The Morgan fingerprint density at radius 1 is 1.00 bits per heavy atom. The predicted octanol–water partition coefficient (Wildman–Crippen LogP) is 3.87. The summed E-state index contributed by atoms with van der Waals surface area (Å²) in [6, 6.07) is 7.43. The summed E-state index contributed by atoms with van der Waals surface area (Å²) < 4.78 is 0. The van der Waals surface area contributed by atoms with Crippen LogP contribution in [0.15, 0.2) is 24.3 Å². The lowest BCUT2D eigenvalue weighted by molar-refractivity contribution is -0.137. The molecule has 3 N–H and O–H groups in total. The molecule has 0 amide bonds. The fourth-order valence-electron chi connectivity index (χ4n) is 3.26. The summed E-state index contributed by atoms with van der Waals surface area (Å²) in [5.41, 5.74) is 1.64. The highest BCUT2D eigenvalue weighted by molar-refractivity contribution is 8.93. The van der Waals surface area contributed by atoms with Crippen molar-refractivity contribution in [3.63, 3.8) is 0 Å². The van der Waals surface area contributed by atoms with Gasteiger partial charge in [0.25, 0.3) is 0 Å². The molecule has 6 nitrogen and oxygen atoms in total. The molecule has 0 aliphatic heterocycles. The van der Waals surface area contributed by atoms with E-state index in [1.807, 2.05) is 12.1 Å². The smallest absolute Gasteiger partial charge is 0.303 e. The minimum absolute atomic E-state index is 0. The minimum Gasteiger partial charge on any atom is -0.481 e. The van der Waals surface area contributed by atoms with Crippen LogP contribution in [-0.2, 0) is 4.79 Å². The predicted molar refractivity (Wildman–Crippen MR) is 125 cm³/mol. The lowest BCUT2D eigenvalue weighted by Crippen LogP contribution is -2.45. The van der Waals surface area contributed by atoms with Crippen LogP contribution < -0.4 is 4.90 Å². The summed E-state index contributed by atoms with van der Waals surface area (Å²) in [7, 11) is 0. The summed E-state index contributed by atoms with van der Waals surface area (Å²) >= 11 is 11.5. The first-order valence-electron chi connectivity index (χ1n) is 9.68. The molecule has 0 heterocycles. The average Bonchev–Trinajstić information content (AvgIpc) is 2.71. The van der Waals surface area contributed by atoms with Crippen molar-refractivity contribution in [3.05, 3.63) is 29.8 Å². The Morgan fingerprint density at radius 3 is 1.93 bits per heavy atom. The number of carbonyl (C=O) groups is 1. The number of anilines is 1. The largest absolute Gasteiger partial charge is 0.481 e. The summed E-state index contributed by atoms with van der Waals surface area (Å²) in [5.74, 6) is -0.817. The van der Waals surface area contributed by atoms with Crippen molar-refractivity contribution in [2.45, 2.75) is 51.5 Å². The number of aliphatic carboxylic acids is 1. The number of rotatable bonds is 14. The number of halogens is 3. The molecule has 29 heavy (non-hydrogen) atoms. The number of aliphatic hydroxyl groups is 2. The van der Waals surface area contributed by atoms with Gasteiger partial charge in [0.15, 0.2) is 0 Å². The number of carboxylic acid groups (broad SMARTS) is 1. The van der Waals surface area contributed by atoms with Crippen molar-refractivity contribution in [1.29, 1.82) is 0 Å². The van der Waals surface area contributed by atoms with E-state index in [9.17, 15) is 15.0 Å². The summed E-state index contributed by atoms with van der Waals surface area (Å²) in [6.45, 7) is 7.06. The second-order valence-corrected chi connectivity index (χ2v) is 7.33. The molecular formula is C20H33BrCl2N2O4. The Labute approximate surface area is 194 Å². The standard InChI is InChI=1S/C20H32Cl2N2O4.BrH/c1-3-23(4-2)12-11-16(7-10-20(27)28)15-5-8-17(9-6-15)24(18(25)13-21)19(26)14-22;/h5-6,8-9,16,18-19,25-26H,3-4,7,10-14H2,1-2H3,(H,27,28);1H. The van der Waals surface area contributed by atoms with E-state index in [2.05, 4.69) is 18.7 Å². The molecule has 0 saturated carbocycles. The van der Waals surface area contributed by atoms with Crippen LogP contribution in [0.25, 0.3) is 0 Å². The first-order valence-corrected chi connectivity index (χ1v) is 10.7. The molecule has 0 spiro atoms. The van der Waals surface area contributed by atoms with E-state index in [1.165, 1.54) is 4.90 Å². The molecule has 168 valence electrons. The maximum Gasteiger partial charge on any atom is 0.303 e. The molecule has 1 rings (SSSR count). The van der Waals surface area contributed by atoms with Gasteiger partial charge in [0, 0.05) is 12.1 Å². The van der Waals surface area contributed by atoms with Crippen molar-refractivity contribution in [3.8, 4) is 0 Å². The van der Waals surface area contributed by atoms with E-state index in [0.29, 0.717) is 12.1 Å². The maximum atomic E-state index is 11.0. The quantitative estimate of drug-likeness (QED) is 0.257. The molecular weight excluding hydrogens is 483 g/mol. The molecule has 0 aromatic heterocycles. The van der Waals surface area contributed by atoms with Crippen molar-refractivity contribution < 1.29 is 20.1 Å². The Balaban J connectivity index is 0.00000784. The van der Waals surface area contributed by atoms with Crippen LogP contribution in [0, 0.1) is 0 Å². The van der Waals surface area contributed by atoms with E-state index in [0.717, 1.165) is 31.6 Å². The molecule has 9 heteroatoms. The third-order valence-corrected chi connectivity index (χ3v) is 5.53. The second kappa shape index (κ2) is 15.3.